The van der Waals surface area contributed by atoms with Crippen LogP contribution in [0.2, 0.25) is 0 Å². The minimum Gasteiger partial charge on any atom is -0.453 e. The zero-order valence-electron chi connectivity index (χ0n) is 6.75. The number of rotatable bonds is 2. The van der Waals surface area contributed by atoms with Crippen LogP contribution in [0.25, 0.3) is 0 Å². The molecule has 12 heavy (non-hydrogen) atoms. The highest BCUT2D eigenvalue weighted by Gasteiger charge is 2.15. The molecule has 0 saturated heterocycles. The summed E-state index contributed by atoms with van der Waals surface area (Å²) in [5.41, 5.74) is 0. The molecule has 0 aromatic rings. The van der Waals surface area contributed by atoms with Gasteiger partial charge >= 0.3 is 5.97 Å². The standard InChI is InChI=1S/C9H11FO2/c1-7(10)9(11)12-8-5-3-2-4-6-8/h3,5,8H,1-2,4,6H2/t8-/m0/s1. The SMILES string of the molecule is C=C(F)C(=O)O[C@H]1C=CCCC1. The molecular weight excluding hydrogens is 159 g/mol. The van der Waals surface area contributed by atoms with E-state index in [1.165, 1.54) is 0 Å². The average Bonchev–Trinajstić information content (AvgIpc) is 2.06. The molecule has 0 radical (unpaired) electrons. The fourth-order valence-electron chi connectivity index (χ4n) is 1.08. The largest absolute Gasteiger partial charge is 0.453 e. The number of carbonyl (C=O) groups is 1. The molecule has 0 saturated carbocycles. The first-order valence-corrected chi connectivity index (χ1v) is 3.92. The van der Waals surface area contributed by atoms with Gasteiger partial charge in [0.2, 0.25) is 5.83 Å². The maximum Gasteiger partial charge on any atom is 0.367 e. The van der Waals surface area contributed by atoms with Gasteiger partial charge in [-0.1, -0.05) is 12.7 Å². The van der Waals surface area contributed by atoms with E-state index < -0.39 is 11.8 Å². The molecule has 0 bridgehead atoms. The second kappa shape index (κ2) is 4.04. The number of carbonyl (C=O) groups excluding carboxylic acids is 1. The van der Waals surface area contributed by atoms with Crippen molar-refractivity contribution in [2.75, 3.05) is 0 Å². The van der Waals surface area contributed by atoms with Gasteiger partial charge in [-0.05, 0) is 25.3 Å². The van der Waals surface area contributed by atoms with Gasteiger partial charge in [0.05, 0.1) is 0 Å². The fraction of sp³-hybridized carbons (Fsp3) is 0.444. The molecule has 1 aliphatic rings. The molecule has 1 atom stereocenters. The third-order valence-corrected chi connectivity index (χ3v) is 1.69. The maximum absolute atomic E-state index is 12.2. The number of hydrogen-bond acceptors (Lipinski definition) is 2. The van der Waals surface area contributed by atoms with Gasteiger partial charge in [-0.2, -0.15) is 4.39 Å². The quantitative estimate of drug-likeness (QED) is 0.360. The van der Waals surface area contributed by atoms with Gasteiger partial charge in [0, 0.05) is 0 Å². The minimum absolute atomic E-state index is 0.265. The van der Waals surface area contributed by atoms with E-state index in [-0.39, 0.29) is 6.10 Å². The van der Waals surface area contributed by atoms with Gasteiger partial charge in [-0.3, -0.25) is 0 Å². The molecule has 0 N–H and O–H groups in total. The molecule has 66 valence electrons. The Morgan fingerprint density at radius 3 is 2.92 bits per heavy atom. The van der Waals surface area contributed by atoms with E-state index in [2.05, 4.69) is 6.58 Å². The Morgan fingerprint density at radius 1 is 1.67 bits per heavy atom. The first-order valence-electron chi connectivity index (χ1n) is 3.92. The van der Waals surface area contributed by atoms with E-state index in [0.717, 1.165) is 19.3 Å². The Labute approximate surface area is 70.7 Å². The van der Waals surface area contributed by atoms with Crippen molar-refractivity contribution in [1.82, 2.24) is 0 Å². The predicted octanol–water partition coefficient (Wildman–Crippen LogP) is 2.12. The van der Waals surface area contributed by atoms with Crippen LogP contribution in [0, 0.1) is 0 Å². The summed E-state index contributed by atoms with van der Waals surface area (Å²) in [4.78, 5) is 10.7. The Balaban J connectivity index is 2.40. The number of esters is 1. The lowest BCUT2D eigenvalue weighted by molar-refractivity contribution is -0.144. The summed E-state index contributed by atoms with van der Waals surface area (Å²) < 4.78 is 16.9. The topological polar surface area (TPSA) is 26.3 Å². The van der Waals surface area contributed by atoms with Crippen molar-refractivity contribution in [2.24, 2.45) is 0 Å². The minimum atomic E-state index is -1.03. The first-order chi connectivity index (χ1) is 5.70. The highest BCUT2D eigenvalue weighted by atomic mass is 19.1. The number of halogens is 1. The molecule has 0 aromatic heterocycles. The summed E-state index contributed by atoms with van der Waals surface area (Å²) in [6, 6.07) is 0. The van der Waals surface area contributed by atoms with Crippen LogP contribution in [0.15, 0.2) is 24.6 Å². The predicted molar refractivity (Wildman–Crippen MR) is 43.1 cm³/mol. The molecule has 0 spiro atoms. The van der Waals surface area contributed by atoms with Crippen LogP contribution in [0.3, 0.4) is 0 Å². The van der Waals surface area contributed by atoms with E-state index in [4.69, 9.17) is 4.74 Å². The van der Waals surface area contributed by atoms with Crippen LogP contribution < -0.4 is 0 Å². The van der Waals surface area contributed by atoms with Crippen LogP contribution in [-0.4, -0.2) is 12.1 Å². The maximum atomic E-state index is 12.2. The Morgan fingerprint density at radius 2 is 2.42 bits per heavy atom. The summed E-state index contributed by atoms with van der Waals surface area (Å²) >= 11 is 0. The molecule has 0 fully saturated rings. The second-order valence-corrected chi connectivity index (χ2v) is 2.71. The zero-order valence-corrected chi connectivity index (χ0v) is 6.75. The molecule has 0 unspecified atom stereocenters. The highest BCUT2D eigenvalue weighted by Crippen LogP contribution is 2.14. The van der Waals surface area contributed by atoms with Crippen LogP contribution >= 0.6 is 0 Å². The average molecular weight is 170 g/mol. The zero-order chi connectivity index (χ0) is 8.97. The molecule has 3 heteroatoms. The highest BCUT2D eigenvalue weighted by molar-refractivity contribution is 5.85. The summed E-state index contributed by atoms with van der Waals surface area (Å²) in [7, 11) is 0. The van der Waals surface area contributed by atoms with Gasteiger partial charge in [0.15, 0.2) is 0 Å². The van der Waals surface area contributed by atoms with Gasteiger partial charge in [-0.25, -0.2) is 4.79 Å². The van der Waals surface area contributed by atoms with Gasteiger partial charge in [0.25, 0.3) is 0 Å². The first kappa shape index (κ1) is 8.97. The summed E-state index contributed by atoms with van der Waals surface area (Å²) in [6.45, 7) is 2.86. The molecule has 0 heterocycles. The summed E-state index contributed by atoms with van der Waals surface area (Å²) in [5.74, 6) is -1.99. The lowest BCUT2D eigenvalue weighted by atomic mass is 10.1. The second-order valence-electron chi connectivity index (χ2n) is 2.71. The van der Waals surface area contributed by atoms with E-state index >= 15 is 0 Å². The third-order valence-electron chi connectivity index (χ3n) is 1.69. The molecule has 2 nitrogen and oxygen atoms in total. The van der Waals surface area contributed by atoms with Crippen molar-refractivity contribution in [3.05, 3.63) is 24.6 Å². The molecule has 0 amide bonds. The number of allylic oxidation sites excluding steroid dienone is 1. The monoisotopic (exact) mass is 170 g/mol. The van der Waals surface area contributed by atoms with Crippen molar-refractivity contribution in [1.29, 1.82) is 0 Å². The Bertz CT molecular complexity index is 221. The molecule has 1 aliphatic carbocycles. The van der Waals surface area contributed by atoms with Crippen molar-refractivity contribution in [2.45, 2.75) is 25.4 Å². The van der Waals surface area contributed by atoms with Crippen LogP contribution in [-0.2, 0) is 9.53 Å². The van der Waals surface area contributed by atoms with Gasteiger partial charge < -0.3 is 4.74 Å². The normalized spacial score (nSPS) is 21.9. The molecule has 0 aliphatic heterocycles. The molecule has 1 rings (SSSR count). The Kier molecular flexibility index (Phi) is 3.02. The Hall–Kier alpha value is -1.12. The molecule has 0 aromatic carbocycles. The van der Waals surface area contributed by atoms with Gasteiger partial charge in [-0.15, -0.1) is 0 Å². The third kappa shape index (κ3) is 2.49. The summed E-state index contributed by atoms with van der Waals surface area (Å²) in [5, 5.41) is 0. The van der Waals surface area contributed by atoms with Crippen molar-refractivity contribution in [3.63, 3.8) is 0 Å². The van der Waals surface area contributed by atoms with Crippen LogP contribution in [0.4, 0.5) is 4.39 Å². The van der Waals surface area contributed by atoms with Crippen LogP contribution in [0.1, 0.15) is 19.3 Å². The number of ether oxygens (including phenoxy) is 1. The van der Waals surface area contributed by atoms with Crippen molar-refractivity contribution in [3.8, 4) is 0 Å². The number of hydrogen-bond donors (Lipinski definition) is 0. The van der Waals surface area contributed by atoms with E-state index in [9.17, 15) is 9.18 Å². The van der Waals surface area contributed by atoms with Crippen molar-refractivity contribution >= 4 is 5.97 Å². The fourth-order valence-corrected chi connectivity index (χ4v) is 1.08. The van der Waals surface area contributed by atoms with Crippen LogP contribution in [0.5, 0.6) is 0 Å². The van der Waals surface area contributed by atoms with E-state index in [1.54, 1.807) is 6.08 Å². The lowest BCUT2D eigenvalue weighted by Gasteiger charge is -2.15. The van der Waals surface area contributed by atoms with Crippen molar-refractivity contribution < 1.29 is 13.9 Å². The smallest absolute Gasteiger partial charge is 0.367 e. The van der Waals surface area contributed by atoms with Gasteiger partial charge in [0.1, 0.15) is 6.10 Å². The molecular formula is C9H11FO2. The van der Waals surface area contributed by atoms with E-state index in [1.807, 2.05) is 6.08 Å². The van der Waals surface area contributed by atoms with E-state index in [0.29, 0.717) is 0 Å². The summed E-state index contributed by atoms with van der Waals surface area (Å²) in [6.07, 6.45) is 6.21. The lowest BCUT2D eigenvalue weighted by Crippen LogP contribution is -2.17.